The molecule has 3 heteroatoms. The fourth-order valence-corrected chi connectivity index (χ4v) is 3.73. The zero-order valence-corrected chi connectivity index (χ0v) is 14.6. The van der Waals surface area contributed by atoms with Gasteiger partial charge in [-0.15, -0.1) is 0 Å². The van der Waals surface area contributed by atoms with E-state index in [4.69, 9.17) is 9.47 Å². The first-order valence-corrected chi connectivity index (χ1v) is 9.24. The van der Waals surface area contributed by atoms with Gasteiger partial charge in [0.1, 0.15) is 12.2 Å². The summed E-state index contributed by atoms with van der Waals surface area (Å²) in [5.41, 5.74) is 4.56. The molecule has 130 valence electrons. The van der Waals surface area contributed by atoms with Crippen LogP contribution in [-0.4, -0.2) is 18.2 Å². The number of carbonyl (C=O) groups excluding carboxylic acids is 1. The number of carbonyl (C=O) groups is 1. The molecule has 3 nitrogen and oxygen atoms in total. The van der Waals surface area contributed by atoms with E-state index in [0.29, 0.717) is 0 Å². The fourth-order valence-electron chi connectivity index (χ4n) is 3.73. The molecule has 4 rings (SSSR count). The minimum absolute atomic E-state index is 0.0812. The van der Waals surface area contributed by atoms with Crippen LogP contribution in [0.1, 0.15) is 49.3 Å². The average molecular weight is 336 g/mol. The van der Waals surface area contributed by atoms with E-state index in [9.17, 15) is 4.79 Å². The largest absolute Gasteiger partial charge is 0.460 e. The molecule has 0 amide bonds. The number of hydrogen-bond donors (Lipinski definition) is 0. The molecule has 1 aliphatic carbocycles. The highest BCUT2D eigenvalue weighted by Gasteiger charge is 2.49. The minimum Gasteiger partial charge on any atom is -0.460 e. The van der Waals surface area contributed by atoms with Crippen LogP contribution in [0.2, 0.25) is 0 Å². The van der Waals surface area contributed by atoms with Gasteiger partial charge in [0.25, 0.3) is 0 Å². The lowest BCUT2D eigenvalue weighted by atomic mass is 9.94. The molecule has 2 aliphatic rings. The summed E-state index contributed by atoms with van der Waals surface area (Å²) in [5.74, 6) is -0.198. The zero-order chi connectivity index (χ0) is 17.2. The van der Waals surface area contributed by atoms with Crippen molar-refractivity contribution in [3.05, 3.63) is 59.7 Å². The van der Waals surface area contributed by atoms with Crippen LogP contribution in [0.4, 0.5) is 0 Å². The maximum absolute atomic E-state index is 12.4. The summed E-state index contributed by atoms with van der Waals surface area (Å²) >= 11 is 0. The predicted octanol–water partition coefficient (Wildman–Crippen LogP) is 4.98. The van der Waals surface area contributed by atoms with Gasteiger partial charge in [0.15, 0.2) is 6.10 Å². The summed E-state index contributed by atoms with van der Waals surface area (Å²) < 4.78 is 11.4. The Kier molecular flexibility index (Phi) is 4.58. The van der Waals surface area contributed by atoms with Crippen LogP contribution in [0, 0.1) is 6.92 Å². The number of aryl methyl sites for hydroxylation is 1. The maximum Gasteiger partial charge on any atom is 0.338 e. The molecule has 1 aliphatic heterocycles. The number of esters is 1. The van der Waals surface area contributed by atoms with Gasteiger partial charge in [0.05, 0.1) is 0 Å². The smallest absolute Gasteiger partial charge is 0.338 e. The summed E-state index contributed by atoms with van der Waals surface area (Å²) in [6, 6.07) is 16.6. The van der Waals surface area contributed by atoms with E-state index in [2.05, 4.69) is 37.3 Å². The summed E-state index contributed by atoms with van der Waals surface area (Å²) in [6.45, 7) is 2.08. The molecule has 0 spiro atoms. The van der Waals surface area contributed by atoms with Crippen molar-refractivity contribution in [2.24, 2.45) is 0 Å². The molecule has 0 aromatic heterocycles. The minimum atomic E-state index is -0.452. The summed E-state index contributed by atoms with van der Waals surface area (Å²) in [5, 5.41) is 0. The summed E-state index contributed by atoms with van der Waals surface area (Å²) in [7, 11) is 0. The Morgan fingerprint density at radius 3 is 2.56 bits per heavy atom. The van der Waals surface area contributed by atoms with Crippen molar-refractivity contribution in [3.8, 4) is 11.1 Å². The van der Waals surface area contributed by atoms with Crippen molar-refractivity contribution >= 4 is 5.97 Å². The molecule has 0 N–H and O–H groups in total. The lowest BCUT2D eigenvalue weighted by Gasteiger charge is -2.21. The van der Waals surface area contributed by atoms with E-state index in [1.807, 2.05) is 18.2 Å². The monoisotopic (exact) mass is 336 g/mol. The van der Waals surface area contributed by atoms with Gasteiger partial charge in [0, 0.05) is 0 Å². The molecule has 2 atom stereocenters. The maximum atomic E-state index is 12.4. The van der Waals surface area contributed by atoms with E-state index >= 15 is 0 Å². The second-order valence-electron chi connectivity index (χ2n) is 7.13. The Hall–Kier alpha value is -2.13. The van der Waals surface area contributed by atoms with Gasteiger partial charge in [-0.05, 0) is 49.3 Å². The Morgan fingerprint density at radius 1 is 1.04 bits per heavy atom. The number of epoxide rings is 1. The van der Waals surface area contributed by atoms with Gasteiger partial charge >= 0.3 is 5.97 Å². The predicted molar refractivity (Wildman–Crippen MR) is 97.2 cm³/mol. The third-order valence-corrected chi connectivity index (χ3v) is 5.16. The molecular weight excluding hydrogens is 312 g/mol. The van der Waals surface area contributed by atoms with Crippen molar-refractivity contribution in [1.29, 1.82) is 0 Å². The molecule has 1 saturated carbocycles. The normalized spacial score (nSPS) is 23.2. The third-order valence-electron chi connectivity index (χ3n) is 5.16. The first-order valence-electron chi connectivity index (χ1n) is 9.24. The third kappa shape index (κ3) is 3.62. The highest BCUT2D eigenvalue weighted by Crippen LogP contribution is 2.44. The second kappa shape index (κ2) is 7.01. The highest BCUT2D eigenvalue weighted by molar-refractivity contribution is 5.80. The molecule has 1 heterocycles. The molecule has 2 aromatic carbocycles. The Bertz CT molecular complexity index is 747. The van der Waals surface area contributed by atoms with Crippen LogP contribution in [0.15, 0.2) is 48.5 Å². The lowest BCUT2D eigenvalue weighted by Crippen LogP contribution is -2.24. The van der Waals surface area contributed by atoms with Gasteiger partial charge in [-0.3, -0.25) is 0 Å². The van der Waals surface area contributed by atoms with Gasteiger partial charge in [-0.1, -0.05) is 60.5 Å². The van der Waals surface area contributed by atoms with E-state index < -0.39 is 6.10 Å². The number of ether oxygens (including phenoxy) is 2. The molecule has 2 fully saturated rings. The van der Waals surface area contributed by atoms with Gasteiger partial charge in [-0.25, -0.2) is 4.79 Å². The number of rotatable bonds is 4. The fraction of sp³-hybridized carbons (Fsp3) is 0.409. The molecular formula is C22H24O3. The highest BCUT2D eigenvalue weighted by atomic mass is 16.6. The van der Waals surface area contributed by atoms with Crippen LogP contribution in [0.25, 0.3) is 11.1 Å². The summed E-state index contributed by atoms with van der Waals surface area (Å²) in [4.78, 5) is 12.4. The second-order valence-corrected chi connectivity index (χ2v) is 7.13. The Morgan fingerprint density at radius 2 is 1.80 bits per heavy atom. The molecule has 25 heavy (non-hydrogen) atoms. The van der Waals surface area contributed by atoms with E-state index in [-0.39, 0.29) is 18.2 Å². The van der Waals surface area contributed by atoms with E-state index in [1.54, 1.807) is 0 Å². The quantitative estimate of drug-likeness (QED) is 0.584. The van der Waals surface area contributed by atoms with Crippen molar-refractivity contribution < 1.29 is 14.3 Å². The SMILES string of the molecule is Cc1ccc(C2OC2C(=O)OC2CCCCC2)c(-c2ccccc2)c1. The van der Waals surface area contributed by atoms with Gasteiger partial charge in [0.2, 0.25) is 0 Å². The number of hydrogen-bond acceptors (Lipinski definition) is 3. The van der Waals surface area contributed by atoms with E-state index in [0.717, 1.165) is 42.4 Å². The van der Waals surface area contributed by atoms with Crippen LogP contribution >= 0.6 is 0 Å². The Labute approximate surface area is 149 Å². The first kappa shape index (κ1) is 16.3. The van der Waals surface area contributed by atoms with Crippen LogP contribution < -0.4 is 0 Å². The van der Waals surface area contributed by atoms with Crippen molar-refractivity contribution in [1.82, 2.24) is 0 Å². The standard InChI is InChI=1S/C22H24O3/c1-15-12-13-18(19(14-15)16-8-4-2-5-9-16)20-21(25-20)22(23)24-17-10-6-3-7-11-17/h2,4-5,8-9,12-14,17,20-21H,3,6-7,10-11H2,1H3. The van der Waals surface area contributed by atoms with Crippen molar-refractivity contribution in [2.45, 2.75) is 57.3 Å². The van der Waals surface area contributed by atoms with Crippen LogP contribution in [-0.2, 0) is 14.3 Å². The molecule has 2 aromatic rings. The molecule has 2 unspecified atom stereocenters. The zero-order valence-electron chi connectivity index (χ0n) is 14.6. The van der Waals surface area contributed by atoms with Crippen molar-refractivity contribution in [2.75, 3.05) is 0 Å². The lowest BCUT2D eigenvalue weighted by molar-refractivity contribution is -0.152. The number of benzene rings is 2. The van der Waals surface area contributed by atoms with Crippen LogP contribution in [0.5, 0.6) is 0 Å². The summed E-state index contributed by atoms with van der Waals surface area (Å²) in [6.07, 6.45) is 4.98. The Balaban J connectivity index is 1.51. The molecule has 1 saturated heterocycles. The molecule has 0 bridgehead atoms. The topological polar surface area (TPSA) is 38.8 Å². The van der Waals surface area contributed by atoms with Gasteiger partial charge < -0.3 is 9.47 Å². The van der Waals surface area contributed by atoms with Crippen molar-refractivity contribution in [3.63, 3.8) is 0 Å². The van der Waals surface area contributed by atoms with Gasteiger partial charge in [-0.2, -0.15) is 0 Å². The van der Waals surface area contributed by atoms with Crippen LogP contribution in [0.3, 0.4) is 0 Å². The molecule has 0 radical (unpaired) electrons. The first-order chi connectivity index (χ1) is 12.2. The van der Waals surface area contributed by atoms with E-state index in [1.165, 1.54) is 12.0 Å². The average Bonchev–Trinajstić information content (AvgIpc) is 3.44.